The Kier molecular flexibility index (Phi) is 3.88. The van der Waals surface area contributed by atoms with Crippen LogP contribution in [-0.4, -0.2) is 19.2 Å². The van der Waals surface area contributed by atoms with Crippen molar-refractivity contribution < 1.29 is 4.74 Å². The molecule has 0 radical (unpaired) electrons. The molecule has 0 aromatic heterocycles. The maximum Gasteiger partial charge on any atom is 0.124 e. The minimum Gasteiger partial charge on any atom is -0.490 e. The summed E-state index contributed by atoms with van der Waals surface area (Å²) in [6.07, 6.45) is 2.27. The Hall–Kier alpha value is -1.24. The smallest absolute Gasteiger partial charge is 0.124 e. The molecule has 1 fully saturated rings. The van der Waals surface area contributed by atoms with Gasteiger partial charge in [0.15, 0.2) is 0 Å². The van der Waals surface area contributed by atoms with E-state index in [0.717, 1.165) is 37.2 Å². The normalized spacial score (nSPS) is 16.5. The summed E-state index contributed by atoms with van der Waals surface area (Å²) in [5.74, 6) is 0.793. The van der Waals surface area contributed by atoms with Crippen molar-refractivity contribution in [3.63, 3.8) is 0 Å². The molecule has 4 heteroatoms. The van der Waals surface area contributed by atoms with Crippen LogP contribution in [-0.2, 0) is 0 Å². The number of nitrogens with one attached hydrogen (secondary N) is 1. The lowest BCUT2D eigenvalue weighted by molar-refractivity contribution is 0.161. The van der Waals surface area contributed by atoms with Gasteiger partial charge in [-0.15, -0.1) is 0 Å². The van der Waals surface area contributed by atoms with Crippen LogP contribution in [0.1, 0.15) is 24.0 Å². The van der Waals surface area contributed by atoms with Gasteiger partial charge < -0.3 is 10.1 Å². The number of rotatable bonds is 2. The minimum absolute atomic E-state index is 0.249. The standard InChI is InChI=1S/C13H15ClN2O/c1-9-12(3-2-10(8-15)13(9)14)17-11-4-6-16-7-5-11/h2-3,11,16H,4-7H2,1H3. The van der Waals surface area contributed by atoms with Crippen LogP contribution in [0.2, 0.25) is 5.02 Å². The van der Waals surface area contributed by atoms with Crippen molar-refractivity contribution in [2.75, 3.05) is 13.1 Å². The zero-order valence-corrected chi connectivity index (χ0v) is 10.5. The molecule has 1 aliphatic rings. The number of ether oxygens (including phenoxy) is 1. The summed E-state index contributed by atoms with van der Waals surface area (Å²) in [5, 5.41) is 12.7. The molecule has 2 rings (SSSR count). The molecular weight excluding hydrogens is 236 g/mol. The topological polar surface area (TPSA) is 45.0 Å². The molecule has 17 heavy (non-hydrogen) atoms. The minimum atomic E-state index is 0.249. The van der Waals surface area contributed by atoms with E-state index in [2.05, 4.69) is 11.4 Å². The zero-order valence-electron chi connectivity index (χ0n) is 9.79. The van der Waals surface area contributed by atoms with Crippen LogP contribution in [0, 0.1) is 18.3 Å². The molecule has 90 valence electrons. The fraction of sp³-hybridized carbons (Fsp3) is 0.462. The Balaban J connectivity index is 2.16. The third-order valence-corrected chi connectivity index (χ3v) is 3.52. The molecule has 1 saturated heterocycles. The molecule has 0 amide bonds. The van der Waals surface area contributed by atoms with Crippen LogP contribution in [0.5, 0.6) is 5.75 Å². The molecule has 0 spiro atoms. The van der Waals surface area contributed by atoms with Gasteiger partial charge in [-0.2, -0.15) is 5.26 Å². The number of halogens is 1. The Morgan fingerprint density at radius 2 is 2.12 bits per heavy atom. The Labute approximate surface area is 106 Å². The van der Waals surface area contributed by atoms with E-state index in [1.807, 2.05) is 13.0 Å². The fourth-order valence-corrected chi connectivity index (χ4v) is 2.17. The lowest BCUT2D eigenvalue weighted by Gasteiger charge is -2.24. The van der Waals surface area contributed by atoms with Gasteiger partial charge in [0, 0.05) is 5.56 Å². The number of nitriles is 1. The molecule has 3 nitrogen and oxygen atoms in total. The molecule has 1 N–H and O–H groups in total. The van der Waals surface area contributed by atoms with Gasteiger partial charge in [0.2, 0.25) is 0 Å². The highest BCUT2D eigenvalue weighted by Crippen LogP contribution is 2.30. The van der Waals surface area contributed by atoms with Gasteiger partial charge in [0.05, 0.1) is 10.6 Å². The molecule has 0 atom stereocenters. The summed E-state index contributed by atoms with van der Waals surface area (Å²) in [5.41, 5.74) is 1.35. The van der Waals surface area contributed by atoms with E-state index in [0.29, 0.717) is 10.6 Å². The van der Waals surface area contributed by atoms with Crippen LogP contribution in [0.15, 0.2) is 12.1 Å². The SMILES string of the molecule is Cc1c(OC2CCNCC2)ccc(C#N)c1Cl. The fourth-order valence-electron chi connectivity index (χ4n) is 1.97. The van der Waals surface area contributed by atoms with Crippen molar-refractivity contribution in [2.24, 2.45) is 0 Å². The predicted octanol–water partition coefficient (Wildman–Crippen LogP) is 2.65. The number of hydrogen-bond donors (Lipinski definition) is 1. The van der Waals surface area contributed by atoms with Gasteiger partial charge >= 0.3 is 0 Å². The molecule has 0 unspecified atom stereocenters. The van der Waals surface area contributed by atoms with E-state index in [4.69, 9.17) is 21.6 Å². The quantitative estimate of drug-likeness (QED) is 0.878. The molecule has 1 aromatic carbocycles. The molecule has 1 aromatic rings. The second-order valence-corrected chi connectivity index (χ2v) is 4.61. The molecular formula is C13H15ClN2O. The van der Waals surface area contributed by atoms with E-state index in [1.165, 1.54) is 0 Å². The summed E-state index contributed by atoms with van der Waals surface area (Å²) >= 11 is 6.10. The molecule has 0 aliphatic carbocycles. The van der Waals surface area contributed by atoms with E-state index in [9.17, 15) is 0 Å². The van der Waals surface area contributed by atoms with E-state index >= 15 is 0 Å². The Bertz CT molecular complexity index is 447. The van der Waals surface area contributed by atoms with Crippen molar-refractivity contribution >= 4 is 11.6 Å². The summed E-state index contributed by atoms with van der Waals surface area (Å²) in [6.45, 7) is 3.88. The Morgan fingerprint density at radius 1 is 1.41 bits per heavy atom. The third kappa shape index (κ3) is 2.71. The van der Waals surface area contributed by atoms with E-state index < -0.39 is 0 Å². The second-order valence-electron chi connectivity index (χ2n) is 4.23. The number of hydrogen-bond acceptors (Lipinski definition) is 3. The molecule has 1 aliphatic heterocycles. The highest BCUT2D eigenvalue weighted by Gasteiger charge is 2.16. The number of benzene rings is 1. The lowest BCUT2D eigenvalue weighted by atomic mass is 10.1. The summed E-state index contributed by atoms with van der Waals surface area (Å²) in [6, 6.07) is 5.62. The maximum absolute atomic E-state index is 8.87. The van der Waals surface area contributed by atoms with Crippen LogP contribution in [0.4, 0.5) is 0 Å². The average molecular weight is 251 g/mol. The first kappa shape index (κ1) is 12.2. The molecule has 0 bridgehead atoms. The van der Waals surface area contributed by atoms with Crippen molar-refractivity contribution in [1.29, 1.82) is 5.26 Å². The van der Waals surface area contributed by atoms with E-state index in [-0.39, 0.29) is 6.10 Å². The summed E-state index contributed by atoms with van der Waals surface area (Å²) in [7, 11) is 0. The number of piperidine rings is 1. The monoisotopic (exact) mass is 250 g/mol. The second kappa shape index (κ2) is 5.39. The first-order valence-corrected chi connectivity index (χ1v) is 6.16. The van der Waals surface area contributed by atoms with Gasteiger partial charge in [-0.3, -0.25) is 0 Å². The largest absolute Gasteiger partial charge is 0.490 e. The van der Waals surface area contributed by atoms with Gasteiger partial charge in [-0.05, 0) is 45.0 Å². The van der Waals surface area contributed by atoms with Crippen molar-refractivity contribution in [2.45, 2.75) is 25.9 Å². The van der Waals surface area contributed by atoms with Crippen LogP contribution < -0.4 is 10.1 Å². The third-order valence-electron chi connectivity index (χ3n) is 3.04. The van der Waals surface area contributed by atoms with Crippen molar-refractivity contribution in [3.8, 4) is 11.8 Å². The van der Waals surface area contributed by atoms with Crippen molar-refractivity contribution in [1.82, 2.24) is 5.32 Å². The van der Waals surface area contributed by atoms with Crippen molar-refractivity contribution in [3.05, 3.63) is 28.3 Å². The van der Waals surface area contributed by atoms with Crippen LogP contribution in [0.3, 0.4) is 0 Å². The first-order valence-electron chi connectivity index (χ1n) is 5.79. The molecule has 0 saturated carbocycles. The highest BCUT2D eigenvalue weighted by molar-refractivity contribution is 6.32. The number of nitrogens with zero attached hydrogens (tertiary/aromatic N) is 1. The van der Waals surface area contributed by atoms with Gasteiger partial charge in [-0.1, -0.05) is 11.6 Å². The first-order chi connectivity index (χ1) is 8.22. The summed E-state index contributed by atoms with van der Waals surface area (Å²) in [4.78, 5) is 0. The van der Waals surface area contributed by atoms with Gasteiger partial charge in [-0.25, -0.2) is 0 Å². The van der Waals surface area contributed by atoms with Gasteiger partial charge in [0.1, 0.15) is 17.9 Å². The summed E-state index contributed by atoms with van der Waals surface area (Å²) < 4.78 is 5.93. The highest BCUT2D eigenvalue weighted by atomic mass is 35.5. The lowest BCUT2D eigenvalue weighted by Crippen LogP contribution is -2.34. The van der Waals surface area contributed by atoms with Crippen LogP contribution >= 0.6 is 11.6 Å². The zero-order chi connectivity index (χ0) is 12.3. The maximum atomic E-state index is 8.87. The molecule has 1 heterocycles. The predicted molar refractivity (Wildman–Crippen MR) is 67.4 cm³/mol. The van der Waals surface area contributed by atoms with Crippen LogP contribution in [0.25, 0.3) is 0 Å². The van der Waals surface area contributed by atoms with Gasteiger partial charge in [0.25, 0.3) is 0 Å². The Morgan fingerprint density at radius 3 is 2.76 bits per heavy atom. The van der Waals surface area contributed by atoms with E-state index in [1.54, 1.807) is 6.07 Å². The average Bonchev–Trinajstić information content (AvgIpc) is 2.37.